The Hall–Kier alpha value is -1.49. The highest BCUT2D eigenvalue weighted by Crippen LogP contribution is 2.18. The number of hydrogen-bond donors (Lipinski definition) is 1. The molecular formula is C13H18N2. The summed E-state index contributed by atoms with van der Waals surface area (Å²) in [5.74, 6) is 0. The van der Waals surface area contributed by atoms with E-state index < -0.39 is 0 Å². The molecule has 2 nitrogen and oxygen atoms in total. The lowest BCUT2D eigenvalue weighted by atomic mass is 10.1. The van der Waals surface area contributed by atoms with Gasteiger partial charge in [-0.3, -0.25) is 0 Å². The van der Waals surface area contributed by atoms with Gasteiger partial charge in [0.05, 0.1) is 11.6 Å². The van der Waals surface area contributed by atoms with Crippen LogP contribution in [-0.4, -0.2) is 6.04 Å². The predicted molar refractivity (Wildman–Crippen MR) is 63.9 cm³/mol. The van der Waals surface area contributed by atoms with Gasteiger partial charge < -0.3 is 5.32 Å². The molecule has 80 valence electrons. The first kappa shape index (κ1) is 11.6. The van der Waals surface area contributed by atoms with Crippen molar-refractivity contribution in [1.29, 1.82) is 5.26 Å². The lowest BCUT2D eigenvalue weighted by Crippen LogP contribution is -2.17. The third-order valence-electron chi connectivity index (χ3n) is 2.71. The van der Waals surface area contributed by atoms with Crippen molar-refractivity contribution in [3.05, 3.63) is 29.3 Å². The van der Waals surface area contributed by atoms with E-state index in [0.29, 0.717) is 11.6 Å². The standard InChI is InChI=1S/C13H18N2/c1-4-12(5-2)15-13-8-11(9-14)7-6-10(13)3/h6-8,12,15H,4-5H2,1-3H3. The summed E-state index contributed by atoms with van der Waals surface area (Å²) >= 11 is 0. The fourth-order valence-corrected chi connectivity index (χ4v) is 1.56. The summed E-state index contributed by atoms with van der Waals surface area (Å²) in [6, 6.07) is 8.43. The van der Waals surface area contributed by atoms with Gasteiger partial charge in [-0.15, -0.1) is 0 Å². The quantitative estimate of drug-likeness (QED) is 0.811. The Kier molecular flexibility index (Phi) is 4.17. The maximum Gasteiger partial charge on any atom is 0.0992 e. The van der Waals surface area contributed by atoms with E-state index in [1.54, 1.807) is 0 Å². The fourth-order valence-electron chi connectivity index (χ4n) is 1.56. The number of rotatable bonds is 4. The van der Waals surface area contributed by atoms with Gasteiger partial charge in [0.25, 0.3) is 0 Å². The van der Waals surface area contributed by atoms with E-state index in [0.717, 1.165) is 18.5 Å². The Morgan fingerprint density at radius 1 is 1.33 bits per heavy atom. The SMILES string of the molecule is CCC(CC)Nc1cc(C#N)ccc1C. The minimum atomic E-state index is 0.498. The van der Waals surface area contributed by atoms with Crippen LogP contribution >= 0.6 is 0 Å². The summed E-state index contributed by atoms with van der Waals surface area (Å²) in [7, 11) is 0. The van der Waals surface area contributed by atoms with E-state index in [1.807, 2.05) is 18.2 Å². The first-order valence-electron chi connectivity index (χ1n) is 5.48. The van der Waals surface area contributed by atoms with Gasteiger partial charge in [-0.25, -0.2) is 0 Å². The van der Waals surface area contributed by atoms with Crippen LogP contribution in [0.2, 0.25) is 0 Å². The Morgan fingerprint density at radius 2 is 2.00 bits per heavy atom. The van der Waals surface area contributed by atoms with Crippen molar-refractivity contribution in [3.8, 4) is 6.07 Å². The number of nitrogens with zero attached hydrogens (tertiary/aromatic N) is 1. The summed E-state index contributed by atoms with van der Waals surface area (Å²) in [6.07, 6.45) is 2.21. The highest BCUT2D eigenvalue weighted by atomic mass is 14.9. The molecule has 0 atom stereocenters. The molecular weight excluding hydrogens is 184 g/mol. The van der Waals surface area contributed by atoms with Crippen molar-refractivity contribution in [2.24, 2.45) is 0 Å². The smallest absolute Gasteiger partial charge is 0.0992 e. The molecule has 0 bridgehead atoms. The normalized spacial score (nSPS) is 10.1. The molecule has 0 aromatic heterocycles. The van der Waals surface area contributed by atoms with E-state index in [9.17, 15) is 0 Å². The maximum absolute atomic E-state index is 8.82. The molecule has 1 rings (SSSR count). The average Bonchev–Trinajstić information content (AvgIpc) is 2.28. The topological polar surface area (TPSA) is 35.8 Å². The Balaban J connectivity index is 2.88. The number of aryl methyl sites for hydroxylation is 1. The molecule has 0 aliphatic rings. The lowest BCUT2D eigenvalue weighted by Gasteiger charge is -2.18. The Morgan fingerprint density at radius 3 is 2.53 bits per heavy atom. The molecule has 0 heterocycles. The maximum atomic E-state index is 8.82. The summed E-state index contributed by atoms with van der Waals surface area (Å²) in [6.45, 7) is 6.40. The highest BCUT2D eigenvalue weighted by Gasteiger charge is 2.05. The summed E-state index contributed by atoms with van der Waals surface area (Å²) in [5.41, 5.74) is 3.00. The summed E-state index contributed by atoms with van der Waals surface area (Å²) in [5, 5.41) is 12.3. The second-order valence-electron chi connectivity index (χ2n) is 3.80. The molecule has 1 aromatic rings. The molecule has 0 unspecified atom stereocenters. The zero-order valence-corrected chi connectivity index (χ0v) is 9.67. The average molecular weight is 202 g/mol. The third kappa shape index (κ3) is 2.99. The zero-order valence-electron chi connectivity index (χ0n) is 9.67. The van der Waals surface area contributed by atoms with Gasteiger partial charge in [0.2, 0.25) is 0 Å². The van der Waals surface area contributed by atoms with Gasteiger partial charge in [0.15, 0.2) is 0 Å². The number of benzene rings is 1. The number of hydrogen-bond acceptors (Lipinski definition) is 2. The Labute approximate surface area is 91.9 Å². The molecule has 0 aliphatic heterocycles. The van der Waals surface area contributed by atoms with Gasteiger partial charge in [-0.05, 0) is 37.5 Å². The van der Waals surface area contributed by atoms with Crippen LogP contribution in [0.3, 0.4) is 0 Å². The van der Waals surface area contributed by atoms with Crippen molar-refractivity contribution < 1.29 is 0 Å². The van der Waals surface area contributed by atoms with Gasteiger partial charge in [-0.2, -0.15) is 5.26 Å². The summed E-state index contributed by atoms with van der Waals surface area (Å²) < 4.78 is 0. The zero-order chi connectivity index (χ0) is 11.3. The molecule has 0 radical (unpaired) electrons. The van der Waals surface area contributed by atoms with E-state index >= 15 is 0 Å². The van der Waals surface area contributed by atoms with Crippen LogP contribution in [0.1, 0.15) is 37.8 Å². The van der Waals surface area contributed by atoms with Crippen LogP contribution in [0, 0.1) is 18.3 Å². The number of nitrogens with one attached hydrogen (secondary N) is 1. The molecule has 0 spiro atoms. The van der Waals surface area contributed by atoms with Crippen LogP contribution in [0.25, 0.3) is 0 Å². The molecule has 0 fully saturated rings. The molecule has 0 saturated carbocycles. The second-order valence-corrected chi connectivity index (χ2v) is 3.80. The van der Waals surface area contributed by atoms with Crippen LogP contribution in [0.5, 0.6) is 0 Å². The van der Waals surface area contributed by atoms with Gasteiger partial charge >= 0.3 is 0 Å². The number of nitriles is 1. The molecule has 15 heavy (non-hydrogen) atoms. The van der Waals surface area contributed by atoms with Gasteiger partial charge in [-0.1, -0.05) is 19.9 Å². The highest BCUT2D eigenvalue weighted by molar-refractivity contribution is 5.55. The van der Waals surface area contributed by atoms with Crippen molar-refractivity contribution in [2.75, 3.05) is 5.32 Å². The van der Waals surface area contributed by atoms with E-state index in [4.69, 9.17) is 5.26 Å². The first-order valence-corrected chi connectivity index (χ1v) is 5.48. The van der Waals surface area contributed by atoms with E-state index in [2.05, 4.69) is 32.2 Å². The van der Waals surface area contributed by atoms with E-state index in [1.165, 1.54) is 5.56 Å². The molecule has 0 saturated heterocycles. The minimum absolute atomic E-state index is 0.498. The Bertz CT molecular complexity index is 359. The van der Waals surface area contributed by atoms with Crippen molar-refractivity contribution in [1.82, 2.24) is 0 Å². The first-order chi connectivity index (χ1) is 7.21. The van der Waals surface area contributed by atoms with Crippen LogP contribution in [0.15, 0.2) is 18.2 Å². The third-order valence-corrected chi connectivity index (χ3v) is 2.71. The van der Waals surface area contributed by atoms with Gasteiger partial charge in [0.1, 0.15) is 0 Å². The lowest BCUT2D eigenvalue weighted by molar-refractivity contribution is 0.671. The molecule has 1 N–H and O–H groups in total. The van der Waals surface area contributed by atoms with Crippen LogP contribution in [-0.2, 0) is 0 Å². The van der Waals surface area contributed by atoms with Crippen LogP contribution < -0.4 is 5.32 Å². The summed E-state index contributed by atoms with van der Waals surface area (Å²) in [4.78, 5) is 0. The molecule has 0 aliphatic carbocycles. The molecule has 2 heteroatoms. The van der Waals surface area contributed by atoms with Gasteiger partial charge in [0, 0.05) is 11.7 Å². The monoisotopic (exact) mass is 202 g/mol. The van der Waals surface area contributed by atoms with Crippen molar-refractivity contribution in [3.63, 3.8) is 0 Å². The fraction of sp³-hybridized carbons (Fsp3) is 0.462. The predicted octanol–water partition coefficient (Wildman–Crippen LogP) is 3.47. The molecule has 1 aromatic carbocycles. The second kappa shape index (κ2) is 5.41. The van der Waals surface area contributed by atoms with E-state index in [-0.39, 0.29) is 0 Å². The number of anilines is 1. The minimum Gasteiger partial charge on any atom is -0.382 e. The van der Waals surface area contributed by atoms with Crippen molar-refractivity contribution >= 4 is 5.69 Å². The van der Waals surface area contributed by atoms with Crippen LogP contribution in [0.4, 0.5) is 5.69 Å². The molecule has 0 amide bonds. The largest absolute Gasteiger partial charge is 0.382 e. The van der Waals surface area contributed by atoms with Crippen molar-refractivity contribution in [2.45, 2.75) is 39.7 Å².